The zero-order chi connectivity index (χ0) is 10.1. The summed E-state index contributed by atoms with van der Waals surface area (Å²) in [5, 5.41) is 1.93. The molecule has 1 fully saturated rings. The molecular formula is C9H11NO2S2. The van der Waals surface area contributed by atoms with Crippen molar-refractivity contribution in [3.8, 4) is 0 Å². The first kappa shape index (κ1) is 9.98. The minimum Gasteiger partial charge on any atom is -0.462 e. The van der Waals surface area contributed by atoms with Crippen LogP contribution in [0.2, 0.25) is 0 Å². The molecule has 2 atom stereocenters. The van der Waals surface area contributed by atoms with Crippen LogP contribution in [-0.2, 0) is 9.53 Å². The lowest BCUT2D eigenvalue weighted by molar-refractivity contribution is -0.140. The van der Waals surface area contributed by atoms with E-state index in [2.05, 4.69) is 4.98 Å². The number of hydrogen-bond acceptors (Lipinski definition) is 5. The van der Waals surface area contributed by atoms with Gasteiger partial charge >= 0.3 is 5.97 Å². The Morgan fingerprint density at radius 2 is 2.50 bits per heavy atom. The highest BCUT2D eigenvalue weighted by Gasteiger charge is 2.33. The number of aryl methyl sites for hydroxylation is 1. The monoisotopic (exact) mass is 229 g/mol. The third-order valence-electron chi connectivity index (χ3n) is 1.97. The highest BCUT2D eigenvalue weighted by Crippen LogP contribution is 2.33. The molecule has 0 N–H and O–H groups in total. The maximum absolute atomic E-state index is 11.3. The molecule has 3 nitrogen and oxygen atoms in total. The first-order chi connectivity index (χ1) is 6.65. The summed E-state index contributed by atoms with van der Waals surface area (Å²) in [4.78, 5) is 15.6. The Morgan fingerprint density at radius 1 is 1.71 bits per heavy atom. The van der Waals surface area contributed by atoms with Gasteiger partial charge in [-0.15, -0.1) is 11.3 Å². The SMILES string of the molecule is Cc1csc(S[C@@H]2C[C@@H](C)OC2=O)n1. The predicted molar refractivity (Wildman–Crippen MR) is 56.7 cm³/mol. The minimum atomic E-state index is -0.102. The zero-order valence-corrected chi connectivity index (χ0v) is 9.65. The molecule has 14 heavy (non-hydrogen) atoms. The van der Waals surface area contributed by atoms with Crippen LogP contribution in [-0.4, -0.2) is 22.3 Å². The Labute approximate surface area is 90.9 Å². The summed E-state index contributed by atoms with van der Waals surface area (Å²) < 4.78 is 6.03. The Balaban J connectivity index is 2.01. The van der Waals surface area contributed by atoms with Crippen molar-refractivity contribution in [2.75, 3.05) is 0 Å². The molecule has 1 aromatic rings. The molecule has 2 rings (SSSR count). The van der Waals surface area contributed by atoms with Gasteiger partial charge < -0.3 is 4.74 Å². The van der Waals surface area contributed by atoms with Crippen LogP contribution in [0.4, 0.5) is 0 Å². The number of aromatic nitrogens is 1. The summed E-state index contributed by atoms with van der Waals surface area (Å²) in [7, 11) is 0. The number of cyclic esters (lactones) is 1. The zero-order valence-electron chi connectivity index (χ0n) is 8.02. The third kappa shape index (κ3) is 2.09. The Kier molecular flexibility index (Phi) is 2.78. The van der Waals surface area contributed by atoms with Gasteiger partial charge in [-0.3, -0.25) is 4.79 Å². The smallest absolute Gasteiger partial charge is 0.319 e. The maximum Gasteiger partial charge on any atom is 0.319 e. The van der Waals surface area contributed by atoms with E-state index < -0.39 is 0 Å². The number of thioether (sulfide) groups is 1. The molecule has 0 unspecified atom stereocenters. The molecule has 0 radical (unpaired) electrons. The van der Waals surface area contributed by atoms with Crippen molar-refractivity contribution in [3.63, 3.8) is 0 Å². The maximum atomic E-state index is 11.3. The molecule has 0 saturated carbocycles. The fourth-order valence-corrected chi connectivity index (χ4v) is 3.52. The van der Waals surface area contributed by atoms with Gasteiger partial charge in [0, 0.05) is 17.5 Å². The van der Waals surface area contributed by atoms with Gasteiger partial charge in [-0.05, 0) is 13.8 Å². The first-order valence-electron chi connectivity index (χ1n) is 4.44. The van der Waals surface area contributed by atoms with Crippen LogP contribution in [0.25, 0.3) is 0 Å². The molecule has 0 aromatic carbocycles. The predicted octanol–water partition coefficient (Wildman–Crippen LogP) is 2.25. The Morgan fingerprint density at radius 3 is 3.00 bits per heavy atom. The van der Waals surface area contributed by atoms with Gasteiger partial charge in [0.1, 0.15) is 11.4 Å². The molecule has 0 aliphatic carbocycles. The van der Waals surface area contributed by atoms with Crippen LogP contribution in [0.1, 0.15) is 19.0 Å². The number of rotatable bonds is 2. The molecule has 0 amide bonds. The average molecular weight is 229 g/mol. The summed E-state index contributed by atoms with van der Waals surface area (Å²) in [5.41, 5.74) is 1.01. The summed E-state index contributed by atoms with van der Waals surface area (Å²) >= 11 is 3.10. The lowest BCUT2D eigenvalue weighted by atomic mass is 10.3. The second-order valence-electron chi connectivity index (χ2n) is 3.34. The number of esters is 1. The molecular weight excluding hydrogens is 218 g/mol. The lowest BCUT2D eigenvalue weighted by Crippen LogP contribution is -2.08. The van der Waals surface area contributed by atoms with E-state index in [4.69, 9.17) is 4.74 Å². The number of carbonyl (C=O) groups is 1. The molecule has 5 heteroatoms. The molecule has 76 valence electrons. The molecule has 2 heterocycles. The van der Waals surface area contributed by atoms with Crippen LogP contribution in [0.15, 0.2) is 9.72 Å². The fraction of sp³-hybridized carbons (Fsp3) is 0.556. The van der Waals surface area contributed by atoms with Crippen LogP contribution < -0.4 is 0 Å². The van der Waals surface area contributed by atoms with Crippen molar-refractivity contribution in [1.82, 2.24) is 4.98 Å². The molecule has 1 aliphatic heterocycles. The van der Waals surface area contributed by atoms with E-state index in [1.807, 2.05) is 19.2 Å². The van der Waals surface area contributed by atoms with Crippen LogP contribution in [0.5, 0.6) is 0 Å². The number of carbonyl (C=O) groups excluding carboxylic acids is 1. The van der Waals surface area contributed by atoms with E-state index >= 15 is 0 Å². The van der Waals surface area contributed by atoms with E-state index in [-0.39, 0.29) is 17.3 Å². The van der Waals surface area contributed by atoms with Crippen LogP contribution >= 0.6 is 23.1 Å². The van der Waals surface area contributed by atoms with Crippen molar-refractivity contribution in [3.05, 3.63) is 11.1 Å². The summed E-state index contributed by atoms with van der Waals surface area (Å²) in [6, 6.07) is 0. The number of hydrogen-bond donors (Lipinski definition) is 0. The van der Waals surface area contributed by atoms with Crippen LogP contribution in [0, 0.1) is 6.92 Å². The first-order valence-corrected chi connectivity index (χ1v) is 6.20. The van der Waals surface area contributed by atoms with E-state index in [0.29, 0.717) is 0 Å². The Hall–Kier alpha value is -0.550. The molecule has 1 aliphatic rings. The minimum absolute atomic E-state index is 0.0565. The second-order valence-corrected chi connectivity index (χ2v) is 5.65. The van der Waals surface area contributed by atoms with E-state index in [1.165, 1.54) is 11.8 Å². The lowest BCUT2D eigenvalue weighted by Gasteiger charge is -2.00. The Bertz CT molecular complexity index is 350. The summed E-state index contributed by atoms with van der Waals surface area (Å²) in [5.74, 6) is -0.102. The van der Waals surface area contributed by atoms with Gasteiger partial charge in [0.15, 0.2) is 4.34 Å². The van der Waals surface area contributed by atoms with E-state index in [0.717, 1.165) is 16.5 Å². The fourth-order valence-electron chi connectivity index (χ4n) is 1.32. The van der Waals surface area contributed by atoms with Crippen LogP contribution in [0.3, 0.4) is 0 Å². The summed E-state index contributed by atoms with van der Waals surface area (Å²) in [6.07, 6.45) is 0.850. The average Bonchev–Trinajstić information content (AvgIpc) is 2.61. The van der Waals surface area contributed by atoms with E-state index in [9.17, 15) is 4.79 Å². The molecule has 0 bridgehead atoms. The molecule has 0 spiro atoms. The van der Waals surface area contributed by atoms with Crippen molar-refractivity contribution in [2.24, 2.45) is 0 Å². The van der Waals surface area contributed by atoms with Crippen molar-refractivity contribution >= 4 is 29.1 Å². The molecule has 1 aromatic heterocycles. The third-order valence-corrected chi connectivity index (χ3v) is 4.26. The van der Waals surface area contributed by atoms with Gasteiger partial charge in [-0.1, -0.05) is 11.8 Å². The van der Waals surface area contributed by atoms with Gasteiger partial charge in [0.25, 0.3) is 0 Å². The normalized spacial score (nSPS) is 26.6. The molecule has 1 saturated heterocycles. The van der Waals surface area contributed by atoms with Gasteiger partial charge in [0.05, 0.1) is 0 Å². The number of thiazole rings is 1. The quantitative estimate of drug-likeness (QED) is 0.729. The highest BCUT2D eigenvalue weighted by molar-refractivity contribution is 8.02. The van der Waals surface area contributed by atoms with Crippen molar-refractivity contribution in [1.29, 1.82) is 0 Å². The van der Waals surface area contributed by atoms with E-state index in [1.54, 1.807) is 11.3 Å². The number of nitrogens with zero attached hydrogens (tertiary/aromatic N) is 1. The van der Waals surface area contributed by atoms with Crippen molar-refractivity contribution < 1.29 is 9.53 Å². The largest absolute Gasteiger partial charge is 0.462 e. The number of ether oxygens (including phenoxy) is 1. The standard InChI is InChI=1S/C9H11NO2S2/c1-5-4-13-9(10-5)14-7-3-6(2)12-8(7)11/h4,6-7H,3H2,1-2H3/t6-,7-/m1/s1. The van der Waals surface area contributed by atoms with Gasteiger partial charge in [-0.2, -0.15) is 0 Å². The van der Waals surface area contributed by atoms with Gasteiger partial charge in [0.2, 0.25) is 0 Å². The van der Waals surface area contributed by atoms with Crippen molar-refractivity contribution in [2.45, 2.75) is 36.0 Å². The topological polar surface area (TPSA) is 39.2 Å². The second kappa shape index (κ2) is 3.90. The summed E-state index contributed by atoms with van der Waals surface area (Å²) in [6.45, 7) is 3.88. The van der Waals surface area contributed by atoms with Gasteiger partial charge in [-0.25, -0.2) is 4.98 Å². The highest BCUT2D eigenvalue weighted by atomic mass is 32.2.